The molecule has 0 saturated carbocycles. The van der Waals surface area contributed by atoms with Gasteiger partial charge in [0, 0.05) is 18.8 Å². The molecule has 1 aliphatic heterocycles. The fourth-order valence-corrected chi connectivity index (χ4v) is 2.45. The van der Waals surface area contributed by atoms with Gasteiger partial charge in [-0.1, -0.05) is 19.4 Å². The fourth-order valence-electron chi connectivity index (χ4n) is 2.45. The lowest BCUT2D eigenvalue weighted by atomic mass is 10.1. The molecule has 8 heteroatoms. The van der Waals surface area contributed by atoms with E-state index in [9.17, 15) is 18.0 Å². The van der Waals surface area contributed by atoms with Gasteiger partial charge >= 0.3 is 6.18 Å². The standard InChI is InChI=1S/C16H22F3N3O2/c1-2-4-14(15(23)21-22-7-9-24-10-8-22)20-13-6-3-5-12(11-13)16(17,18)19/h3,5-6,11,14,20H,2,4,7-10H2,1H3,(H,21,23)/t14-/m0/s1. The van der Waals surface area contributed by atoms with Gasteiger partial charge in [-0.25, -0.2) is 5.01 Å². The summed E-state index contributed by atoms with van der Waals surface area (Å²) in [6.07, 6.45) is -3.16. The van der Waals surface area contributed by atoms with Gasteiger partial charge in [0.1, 0.15) is 6.04 Å². The molecule has 0 aliphatic carbocycles. The number of hydrogen-bond donors (Lipinski definition) is 2. The summed E-state index contributed by atoms with van der Waals surface area (Å²) in [5.41, 5.74) is 2.34. The Balaban J connectivity index is 2.03. The third-order valence-electron chi connectivity index (χ3n) is 3.70. The van der Waals surface area contributed by atoms with Crippen LogP contribution in [0.1, 0.15) is 25.3 Å². The second-order valence-electron chi connectivity index (χ2n) is 5.64. The highest BCUT2D eigenvalue weighted by molar-refractivity contribution is 5.84. The SMILES string of the molecule is CCC[C@H](Nc1cccc(C(F)(F)F)c1)C(=O)NN1CCOCC1. The Morgan fingerprint density at radius 3 is 2.67 bits per heavy atom. The fraction of sp³-hybridized carbons (Fsp3) is 0.562. The normalized spacial score (nSPS) is 17.3. The number of hydrogen-bond acceptors (Lipinski definition) is 4. The molecule has 0 radical (unpaired) electrons. The zero-order valence-corrected chi connectivity index (χ0v) is 13.5. The van der Waals surface area contributed by atoms with Gasteiger partial charge < -0.3 is 10.1 Å². The highest BCUT2D eigenvalue weighted by atomic mass is 19.4. The summed E-state index contributed by atoms with van der Waals surface area (Å²) in [4.78, 5) is 12.4. The van der Waals surface area contributed by atoms with E-state index in [1.165, 1.54) is 12.1 Å². The van der Waals surface area contributed by atoms with Gasteiger partial charge in [-0.2, -0.15) is 13.2 Å². The first-order chi connectivity index (χ1) is 11.4. The van der Waals surface area contributed by atoms with Crippen LogP contribution >= 0.6 is 0 Å². The average Bonchev–Trinajstić information content (AvgIpc) is 2.55. The van der Waals surface area contributed by atoms with Crippen molar-refractivity contribution in [3.8, 4) is 0 Å². The molecular weight excluding hydrogens is 323 g/mol. The lowest BCUT2D eigenvalue weighted by molar-refractivity contribution is -0.137. The quantitative estimate of drug-likeness (QED) is 0.832. The van der Waals surface area contributed by atoms with E-state index in [4.69, 9.17) is 4.74 Å². The number of morpholine rings is 1. The van der Waals surface area contributed by atoms with Crippen molar-refractivity contribution in [1.29, 1.82) is 0 Å². The predicted molar refractivity (Wildman–Crippen MR) is 84.3 cm³/mol. The highest BCUT2D eigenvalue weighted by Gasteiger charge is 2.30. The van der Waals surface area contributed by atoms with Crippen LogP contribution in [0.4, 0.5) is 18.9 Å². The number of rotatable bonds is 6. The smallest absolute Gasteiger partial charge is 0.379 e. The van der Waals surface area contributed by atoms with Gasteiger partial charge in [-0.05, 0) is 24.6 Å². The topological polar surface area (TPSA) is 53.6 Å². The number of halogens is 3. The maximum Gasteiger partial charge on any atom is 0.416 e. The Hall–Kier alpha value is -1.80. The first-order valence-electron chi connectivity index (χ1n) is 7.97. The molecule has 1 aliphatic rings. The summed E-state index contributed by atoms with van der Waals surface area (Å²) in [7, 11) is 0. The molecule has 5 nitrogen and oxygen atoms in total. The van der Waals surface area contributed by atoms with Crippen molar-refractivity contribution in [3.05, 3.63) is 29.8 Å². The monoisotopic (exact) mass is 345 g/mol. The van der Waals surface area contributed by atoms with Crippen LogP contribution < -0.4 is 10.7 Å². The molecule has 0 aromatic heterocycles. The van der Waals surface area contributed by atoms with Crippen LogP contribution in [0.15, 0.2) is 24.3 Å². The maximum atomic E-state index is 12.8. The van der Waals surface area contributed by atoms with E-state index in [2.05, 4.69) is 10.7 Å². The summed E-state index contributed by atoms with van der Waals surface area (Å²) in [5, 5.41) is 4.68. The molecule has 24 heavy (non-hydrogen) atoms. The zero-order chi connectivity index (χ0) is 17.6. The van der Waals surface area contributed by atoms with Gasteiger partial charge in [0.25, 0.3) is 5.91 Å². The van der Waals surface area contributed by atoms with Gasteiger partial charge in [-0.15, -0.1) is 0 Å². The number of ether oxygens (including phenoxy) is 1. The number of hydrazine groups is 1. The van der Waals surface area contributed by atoms with E-state index in [-0.39, 0.29) is 11.6 Å². The van der Waals surface area contributed by atoms with Gasteiger partial charge in [0.05, 0.1) is 18.8 Å². The molecule has 2 rings (SSSR count). The Morgan fingerprint density at radius 1 is 1.33 bits per heavy atom. The number of amides is 1. The van der Waals surface area contributed by atoms with Crippen LogP contribution in [-0.4, -0.2) is 43.3 Å². The van der Waals surface area contributed by atoms with Gasteiger partial charge in [0.2, 0.25) is 0 Å². The number of carbonyl (C=O) groups is 1. The van der Waals surface area contributed by atoms with E-state index >= 15 is 0 Å². The van der Waals surface area contributed by atoms with E-state index in [1.54, 1.807) is 5.01 Å². The lowest BCUT2D eigenvalue weighted by Gasteiger charge is -2.29. The Kier molecular flexibility index (Phi) is 6.44. The zero-order valence-electron chi connectivity index (χ0n) is 13.5. The summed E-state index contributed by atoms with van der Waals surface area (Å²) in [6.45, 7) is 4.19. The highest BCUT2D eigenvalue weighted by Crippen LogP contribution is 2.30. The summed E-state index contributed by atoms with van der Waals surface area (Å²) < 4.78 is 43.6. The number of carbonyl (C=O) groups excluding carboxylic acids is 1. The molecule has 1 fully saturated rings. The molecule has 1 saturated heterocycles. The average molecular weight is 345 g/mol. The largest absolute Gasteiger partial charge is 0.416 e. The Bertz CT molecular complexity index is 546. The Labute approximate surface area is 139 Å². The summed E-state index contributed by atoms with van der Waals surface area (Å²) in [6, 6.07) is 4.29. The summed E-state index contributed by atoms with van der Waals surface area (Å²) in [5.74, 6) is -0.254. The molecule has 0 bridgehead atoms. The van der Waals surface area contributed by atoms with Crippen LogP contribution in [0.2, 0.25) is 0 Å². The molecule has 0 unspecified atom stereocenters. The third kappa shape index (κ3) is 5.38. The minimum atomic E-state index is -4.41. The second kappa shape index (κ2) is 8.34. The lowest BCUT2D eigenvalue weighted by Crippen LogP contribution is -2.52. The molecule has 1 heterocycles. The van der Waals surface area contributed by atoms with Gasteiger partial charge in [0.15, 0.2) is 0 Å². The number of alkyl halides is 3. The van der Waals surface area contributed by atoms with Crippen molar-refractivity contribution >= 4 is 11.6 Å². The Morgan fingerprint density at radius 2 is 2.04 bits per heavy atom. The molecule has 0 spiro atoms. The molecule has 1 amide bonds. The van der Waals surface area contributed by atoms with E-state index < -0.39 is 17.8 Å². The first-order valence-corrected chi connectivity index (χ1v) is 7.97. The molecule has 1 aromatic rings. The van der Waals surface area contributed by atoms with Crippen LogP contribution in [-0.2, 0) is 15.7 Å². The van der Waals surface area contributed by atoms with E-state index in [0.29, 0.717) is 32.7 Å². The van der Waals surface area contributed by atoms with Crippen LogP contribution in [0.3, 0.4) is 0 Å². The van der Waals surface area contributed by atoms with E-state index in [0.717, 1.165) is 18.6 Å². The maximum absolute atomic E-state index is 12.8. The predicted octanol–water partition coefficient (Wildman–Crippen LogP) is 2.65. The van der Waals surface area contributed by atoms with Crippen LogP contribution in [0, 0.1) is 0 Å². The van der Waals surface area contributed by atoms with Crippen molar-refractivity contribution in [2.24, 2.45) is 0 Å². The molecule has 2 N–H and O–H groups in total. The second-order valence-corrected chi connectivity index (χ2v) is 5.64. The summed E-state index contributed by atoms with van der Waals surface area (Å²) >= 11 is 0. The third-order valence-corrected chi connectivity index (χ3v) is 3.70. The van der Waals surface area contributed by atoms with Crippen molar-refractivity contribution < 1.29 is 22.7 Å². The van der Waals surface area contributed by atoms with Crippen molar-refractivity contribution in [2.75, 3.05) is 31.6 Å². The first kappa shape index (κ1) is 18.5. The number of benzene rings is 1. The molecule has 134 valence electrons. The van der Waals surface area contributed by atoms with Gasteiger partial charge in [-0.3, -0.25) is 10.2 Å². The molecule has 1 aromatic carbocycles. The molecular formula is C16H22F3N3O2. The van der Waals surface area contributed by atoms with Crippen molar-refractivity contribution in [3.63, 3.8) is 0 Å². The number of nitrogens with zero attached hydrogens (tertiary/aromatic N) is 1. The molecule has 1 atom stereocenters. The van der Waals surface area contributed by atoms with Crippen molar-refractivity contribution in [1.82, 2.24) is 10.4 Å². The van der Waals surface area contributed by atoms with E-state index in [1.807, 2.05) is 6.92 Å². The number of anilines is 1. The van der Waals surface area contributed by atoms with Crippen LogP contribution in [0.25, 0.3) is 0 Å². The van der Waals surface area contributed by atoms with Crippen LogP contribution in [0.5, 0.6) is 0 Å². The van der Waals surface area contributed by atoms with Crippen molar-refractivity contribution in [2.45, 2.75) is 32.0 Å². The number of nitrogens with one attached hydrogen (secondary N) is 2. The minimum absolute atomic E-state index is 0.254. The minimum Gasteiger partial charge on any atom is -0.379 e.